The lowest BCUT2D eigenvalue weighted by Gasteiger charge is -2.14. The van der Waals surface area contributed by atoms with Crippen molar-refractivity contribution in [3.05, 3.63) is 0 Å². The van der Waals surface area contributed by atoms with E-state index in [-0.39, 0.29) is 18.2 Å². The highest BCUT2D eigenvalue weighted by Gasteiger charge is 2.18. The van der Waals surface area contributed by atoms with Gasteiger partial charge in [-0.2, -0.15) is 4.31 Å². The van der Waals surface area contributed by atoms with E-state index in [1.807, 2.05) is 0 Å². The average Bonchev–Trinajstić information content (AvgIpc) is 1.99. The smallest absolute Gasteiger partial charge is 0.232 e. The summed E-state index contributed by atoms with van der Waals surface area (Å²) in [6, 6.07) is 0. The zero-order valence-corrected chi connectivity index (χ0v) is 8.94. The van der Waals surface area contributed by atoms with Gasteiger partial charge in [-0.05, 0) is 6.42 Å². The van der Waals surface area contributed by atoms with E-state index in [1.165, 1.54) is 7.05 Å². The Morgan fingerprint density at radius 1 is 1.54 bits per heavy atom. The van der Waals surface area contributed by atoms with Crippen molar-refractivity contribution in [2.24, 2.45) is 5.73 Å². The van der Waals surface area contributed by atoms with E-state index in [4.69, 9.17) is 17.3 Å². The molecule has 0 aromatic heterocycles. The van der Waals surface area contributed by atoms with E-state index in [9.17, 15) is 13.2 Å². The first kappa shape index (κ1) is 12.7. The molecule has 2 N–H and O–H groups in total. The van der Waals surface area contributed by atoms with E-state index in [0.717, 1.165) is 4.31 Å². The quantitative estimate of drug-likeness (QED) is 0.615. The second kappa shape index (κ2) is 5.41. The minimum absolute atomic E-state index is 0.0553. The first-order chi connectivity index (χ1) is 5.90. The second-order valence-corrected chi connectivity index (χ2v) is 5.15. The van der Waals surface area contributed by atoms with Crippen LogP contribution >= 0.6 is 11.6 Å². The minimum atomic E-state index is -3.37. The minimum Gasteiger partial charge on any atom is -0.369 e. The molecule has 5 nitrogen and oxygen atoms in total. The van der Waals surface area contributed by atoms with E-state index in [1.54, 1.807) is 0 Å². The summed E-state index contributed by atoms with van der Waals surface area (Å²) in [5.74, 6) is -0.443. The van der Waals surface area contributed by atoms with Crippen LogP contribution in [-0.2, 0) is 14.8 Å². The van der Waals surface area contributed by atoms with Crippen molar-refractivity contribution in [1.82, 2.24) is 4.31 Å². The van der Waals surface area contributed by atoms with Crippen LogP contribution in [0.3, 0.4) is 0 Å². The Morgan fingerprint density at radius 3 is 2.46 bits per heavy atom. The van der Waals surface area contributed by atoms with Crippen LogP contribution in [-0.4, -0.2) is 43.9 Å². The molecule has 7 heteroatoms. The van der Waals surface area contributed by atoms with Crippen LogP contribution in [0.1, 0.15) is 6.42 Å². The van der Waals surface area contributed by atoms with Crippen molar-refractivity contribution in [1.29, 1.82) is 0 Å². The normalized spacial score (nSPS) is 11.9. The summed E-state index contributed by atoms with van der Waals surface area (Å²) in [6.07, 6.45) is 0.368. The predicted molar refractivity (Wildman–Crippen MR) is 50.9 cm³/mol. The van der Waals surface area contributed by atoms with Crippen molar-refractivity contribution in [3.63, 3.8) is 0 Å². The number of amides is 1. The second-order valence-electron chi connectivity index (χ2n) is 2.58. The fourth-order valence-electron chi connectivity index (χ4n) is 0.711. The molecule has 0 saturated carbocycles. The molecule has 0 aromatic rings. The van der Waals surface area contributed by atoms with Crippen LogP contribution in [0.4, 0.5) is 0 Å². The Bertz CT molecular complexity index is 265. The SMILES string of the molecule is CN(CC(N)=O)S(=O)(=O)CCCCl. The summed E-state index contributed by atoms with van der Waals surface area (Å²) < 4.78 is 23.5. The summed E-state index contributed by atoms with van der Waals surface area (Å²) in [6.45, 7) is -0.287. The molecule has 1 amide bonds. The molecule has 0 aliphatic rings. The Balaban J connectivity index is 4.20. The van der Waals surface area contributed by atoms with Gasteiger partial charge in [0.25, 0.3) is 0 Å². The van der Waals surface area contributed by atoms with Gasteiger partial charge in [-0.1, -0.05) is 0 Å². The van der Waals surface area contributed by atoms with Gasteiger partial charge in [0.15, 0.2) is 0 Å². The first-order valence-electron chi connectivity index (χ1n) is 3.68. The summed E-state index contributed by atoms with van der Waals surface area (Å²) in [7, 11) is -2.06. The molecule has 78 valence electrons. The topological polar surface area (TPSA) is 80.5 Å². The Hall–Kier alpha value is -0.330. The largest absolute Gasteiger partial charge is 0.369 e. The highest BCUT2D eigenvalue weighted by atomic mass is 35.5. The number of nitrogens with zero attached hydrogens (tertiary/aromatic N) is 1. The van der Waals surface area contributed by atoms with E-state index in [2.05, 4.69) is 0 Å². The number of halogens is 1. The van der Waals surface area contributed by atoms with Crippen molar-refractivity contribution in [3.8, 4) is 0 Å². The highest BCUT2D eigenvalue weighted by Crippen LogP contribution is 2.00. The number of rotatable bonds is 6. The third-order valence-electron chi connectivity index (χ3n) is 1.39. The molecule has 0 heterocycles. The first-order valence-corrected chi connectivity index (χ1v) is 5.83. The molecule has 0 spiro atoms. The van der Waals surface area contributed by atoms with Gasteiger partial charge >= 0.3 is 0 Å². The van der Waals surface area contributed by atoms with Gasteiger partial charge in [-0.25, -0.2) is 8.42 Å². The van der Waals surface area contributed by atoms with Gasteiger partial charge in [0.1, 0.15) is 0 Å². The fourth-order valence-corrected chi connectivity index (χ4v) is 2.15. The highest BCUT2D eigenvalue weighted by molar-refractivity contribution is 7.89. The van der Waals surface area contributed by atoms with Crippen molar-refractivity contribution >= 4 is 27.5 Å². The number of carbonyl (C=O) groups excluding carboxylic acids is 1. The van der Waals surface area contributed by atoms with Crippen LogP contribution in [0.15, 0.2) is 0 Å². The maximum absolute atomic E-state index is 11.3. The van der Waals surface area contributed by atoms with Crippen molar-refractivity contribution in [2.75, 3.05) is 25.2 Å². The monoisotopic (exact) mass is 228 g/mol. The van der Waals surface area contributed by atoms with Crippen LogP contribution in [0, 0.1) is 0 Å². The van der Waals surface area contributed by atoms with Crippen LogP contribution in [0.2, 0.25) is 0 Å². The molecule has 0 saturated heterocycles. The van der Waals surface area contributed by atoms with Crippen LogP contribution in [0.5, 0.6) is 0 Å². The standard InChI is InChI=1S/C6H13ClN2O3S/c1-9(5-6(8)10)13(11,12)4-2-3-7/h2-5H2,1H3,(H2,8,10). The molecule has 0 bridgehead atoms. The van der Waals surface area contributed by atoms with E-state index in [0.29, 0.717) is 6.42 Å². The maximum Gasteiger partial charge on any atom is 0.232 e. The molecule has 0 aromatic carbocycles. The molecule has 0 rings (SSSR count). The molecule has 0 fully saturated rings. The van der Waals surface area contributed by atoms with Crippen molar-refractivity contribution in [2.45, 2.75) is 6.42 Å². The molecule has 0 aliphatic carbocycles. The number of primary amides is 1. The zero-order valence-electron chi connectivity index (χ0n) is 7.36. The predicted octanol–water partition coefficient (Wildman–Crippen LogP) is -0.638. The van der Waals surface area contributed by atoms with E-state index >= 15 is 0 Å². The summed E-state index contributed by atoms with van der Waals surface area (Å²) in [5, 5.41) is 0. The number of likely N-dealkylation sites (N-methyl/N-ethyl adjacent to an activating group) is 1. The van der Waals surface area contributed by atoms with Gasteiger partial charge in [0.2, 0.25) is 15.9 Å². The van der Waals surface area contributed by atoms with Crippen LogP contribution < -0.4 is 5.73 Å². The molecule has 0 aliphatic heterocycles. The Morgan fingerprint density at radius 2 is 2.08 bits per heavy atom. The van der Waals surface area contributed by atoms with Gasteiger partial charge < -0.3 is 5.73 Å². The van der Waals surface area contributed by atoms with Gasteiger partial charge in [-0.3, -0.25) is 4.79 Å². The number of sulfonamides is 1. The van der Waals surface area contributed by atoms with E-state index < -0.39 is 15.9 Å². The third kappa shape index (κ3) is 5.07. The lowest BCUT2D eigenvalue weighted by Crippen LogP contribution is -2.36. The summed E-state index contributed by atoms with van der Waals surface area (Å²) in [5.41, 5.74) is 4.85. The number of nitrogens with two attached hydrogens (primary N) is 1. The Labute approximate surface area is 82.9 Å². The average molecular weight is 229 g/mol. The molecular weight excluding hydrogens is 216 g/mol. The van der Waals surface area contributed by atoms with Crippen LogP contribution in [0.25, 0.3) is 0 Å². The maximum atomic E-state index is 11.3. The lowest BCUT2D eigenvalue weighted by molar-refractivity contribution is -0.118. The number of carbonyl (C=O) groups is 1. The van der Waals surface area contributed by atoms with Gasteiger partial charge in [0, 0.05) is 12.9 Å². The van der Waals surface area contributed by atoms with Gasteiger partial charge in [-0.15, -0.1) is 11.6 Å². The number of hydrogen-bond donors (Lipinski definition) is 1. The zero-order chi connectivity index (χ0) is 10.5. The number of alkyl halides is 1. The molecule has 13 heavy (non-hydrogen) atoms. The summed E-state index contributed by atoms with van der Waals surface area (Å²) in [4.78, 5) is 10.4. The third-order valence-corrected chi connectivity index (χ3v) is 3.54. The Kier molecular flexibility index (Phi) is 5.27. The van der Waals surface area contributed by atoms with Crippen molar-refractivity contribution < 1.29 is 13.2 Å². The lowest BCUT2D eigenvalue weighted by atomic mass is 10.6. The molecule has 0 unspecified atom stereocenters. The fraction of sp³-hybridized carbons (Fsp3) is 0.833. The number of hydrogen-bond acceptors (Lipinski definition) is 3. The molecular formula is C6H13ClN2O3S. The molecule has 0 radical (unpaired) electrons. The van der Waals surface area contributed by atoms with Gasteiger partial charge in [0.05, 0.1) is 12.3 Å². The molecule has 0 atom stereocenters. The summed E-state index contributed by atoms with van der Waals surface area (Å²) >= 11 is 5.34.